The third-order valence-corrected chi connectivity index (χ3v) is 4.85. The van der Waals surface area contributed by atoms with Crippen molar-refractivity contribution in [1.82, 2.24) is 5.32 Å². The van der Waals surface area contributed by atoms with Crippen molar-refractivity contribution in [1.29, 1.82) is 0 Å². The van der Waals surface area contributed by atoms with E-state index in [0.717, 1.165) is 29.9 Å². The topological polar surface area (TPSA) is 35.6 Å². The Hall–Kier alpha value is -2.66. The summed E-state index contributed by atoms with van der Waals surface area (Å²) in [6.45, 7) is 8.19. The number of amides is 1. The van der Waals surface area contributed by atoms with E-state index in [-0.39, 0.29) is 5.91 Å². The predicted octanol–water partition coefficient (Wildman–Crippen LogP) is 4.10. The molecule has 5 heteroatoms. The first kappa shape index (κ1) is 18.1. The number of rotatable bonds is 5. The summed E-state index contributed by atoms with van der Waals surface area (Å²) in [5.41, 5.74) is 4.46. The summed E-state index contributed by atoms with van der Waals surface area (Å²) in [4.78, 5) is 16.7. The van der Waals surface area contributed by atoms with Gasteiger partial charge in [0.25, 0.3) is 5.91 Å². The van der Waals surface area contributed by atoms with Crippen LogP contribution in [0.2, 0.25) is 0 Å². The maximum atomic E-state index is 12.8. The summed E-state index contributed by atoms with van der Waals surface area (Å²) in [6.07, 6.45) is 1.85. The summed E-state index contributed by atoms with van der Waals surface area (Å²) in [7, 11) is 0. The molecule has 2 aromatic carbocycles. The molecular weight excluding hydrogens is 342 g/mol. The van der Waals surface area contributed by atoms with Crippen molar-refractivity contribution in [2.75, 3.05) is 22.9 Å². The molecule has 2 aromatic rings. The van der Waals surface area contributed by atoms with Gasteiger partial charge in [-0.2, -0.15) is 0 Å². The highest BCUT2D eigenvalue weighted by Gasteiger charge is 2.32. The van der Waals surface area contributed by atoms with E-state index in [4.69, 9.17) is 12.2 Å². The number of thiocarbonyl (C=S) groups is 1. The maximum absolute atomic E-state index is 12.8. The van der Waals surface area contributed by atoms with Crippen LogP contribution in [0.5, 0.6) is 0 Å². The fraction of sp³-hybridized carbons (Fsp3) is 0.238. The molecule has 0 bridgehead atoms. The second-order valence-electron chi connectivity index (χ2n) is 6.18. The molecule has 1 aliphatic rings. The highest BCUT2D eigenvalue weighted by molar-refractivity contribution is 7.80. The lowest BCUT2D eigenvalue weighted by Gasteiger charge is -2.20. The van der Waals surface area contributed by atoms with Gasteiger partial charge < -0.3 is 10.2 Å². The van der Waals surface area contributed by atoms with Crippen molar-refractivity contribution in [2.45, 2.75) is 20.8 Å². The molecule has 1 aliphatic heterocycles. The fourth-order valence-electron chi connectivity index (χ4n) is 3.10. The van der Waals surface area contributed by atoms with Crippen LogP contribution in [-0.4, -0.2) is 24.1 Å². The van der Waals surface area contributed by atoms with Crippen LogP contribution in [-0.2, 0) is 4.79 Å². The highest BCUT2D eigenvalue weighted by Crippen LogP contribution is 2.26. The van der Waals surface area contributed by atoms with Crippen LogP contribution in [0.3, 0.4) is 0 Å². The average molecular weight is 366 g/mol. The number of anilines is 2. The zero-order chi connectivity index (χ0) is 18.7. The van der Waals surface area contributed by atoms with Crippen molar-refractivity contribution in [2.24, 2.45) is 0 Å². The second-order valence-corrected chi connectivity index (χ2v) is 6.57. The molecule has 3 rings (SSSR count). The SMILES string of the molecule is CCN(CC)c1ccc(C=C2NC(=S)N(c3ccccc3C)C2=O)cc1. The van der Waals surface area contributed by atoms with Gasteiger partial charge in [0.1, 0.15) is 5.70 Å². The van der Waals surface area contributed by atoms with Crippen LogP contribution in [0.15, 0.2) is 54.2 Å². The van der Waals surface area contributed by atoms with Crippen molar-refractivity contribution in [3.05, 3.63) is 65.4 Å². The number of nitrogens with one attached hydrogen (secondary N) is 1. The van der Waals surface area contributed by atoms with Crippen LogP contribution in [0.1, 0.15) is 25.0 Å². The first-order valence-corrected chi connectivity index (χ1v) is 9.23. The van der Waals surface area contributed by atoms with Crippen molar-refractivity contribution in [3.63, 3.8) is 0 Å². The molecular formula is C21H23N3OS. The van der Waals surface area contributed by atoms with E-state index in [1.54, 1.807) is 4.90 Å². The Balaban J connectivity index is 1.85. The lowest BCUT2D eigenvalue weighted by molar-refractivity contribution is -0.113. The molecule has 0 radical (unpaired) electrons. The normalized spacial score (nSPS) is 15.5. The van der Waals surface area contributed by atoms with Crippen molar-refractivity contribution in [3.8, 4) is 0 Å². The van der Waals surface area contributed by atoms with E-state index in [1.807, 2.05) is 49.4 Å². The summed E-state index contributed by atoms with van der Waals surface area (Å²) in [5.74, 6) is -0.128. The Morgan fingerprint density at radius 2 is 1.73 bits per heavy atom. The zero-order valence-electron chi connectivity index (χ0n) is 15.3. The van der Waals surface area contributed by atoms with Crippen LogP contribution < -0.4 is 15.1 Å². The van der Waals surface area contributed by atoms with E-state index >= 15 is 0 Å². The number of carbonyl (C=O) groups excluding carboxylic acids is 1. The van der Waals surface area contributed by atoms with Gasteiger partial charge in [0, 0.05) is 18.8 Å². The Labute approximate surface area is 160 Å². The van der Waals surface area contributed by atoms with E-state index in [9.17, 15) is 4.79 Å². The summed E-state index contributed by atoms with van der Waals surface area (Å²) < 4.78 is 0. The van der Waals surface area contributed by atoms with Crippen molar-refractivity contribution < 1.29 is 4.79 Å². The molecule has 0 saturated carbocycles. The molecule has 26 heavy (non-hydrogen) atoms. The van der Waals surface area contributed by atoms with Gasteiger partial charge in [0.05, 0.1) is 5.69 Å². The molecule has 134 valence electrons. The summed E-state index contributed by atoms with van der Waals surface area (Å²) in [6, 6.07) is 15.9. The second kappa shape index (κ2) is 7.70. The van der Waals surface area contributed by atoms with Gasteiger partial charge in [-0.15, -0.1) is 0 Å². The number of hydrogen-bond acceptors (Lipinski definition) is 3. The molecule has 1 amide bonds. The minimum atomic E-state index is -0.128. The van der Waals surface area contributed by atoms with Gasteiger partial charge in [-0.25, -0.2) is 0 Å². The molecule has 1 saturated heterocycles. The molecule has 1 fully saturated rings. The Kier molecular flexibility index (Phi) is 5.38. The maximum Gasteiger partial charge on any atom is 0.281 e. The Morgan fingerprint density at radius 1 is 1.08 bits per heavy atom. The number of hydrogen-bond donors (Lipinski definition) is 1. The van der Waals surface area contributed by atoms with Gasteiger partial charge in [-0.3, -0.25) is 9.69 Å². The first-order valence-electron chi connectivity index (χ1n) is 8.83. The molecule has 0 unspecified atom stereocenters. The smallest absolute Gasteiger partial charge is 0.281 e. The number of aryl methyl sites for hydroxylation is 1. The van der Waals surface area contributed by atoms with Crippen LogP contribution in [0.4, 0.5) is 11.4 Å². The standard InChI is InChI=1S/C21H23N3OS/c1-4-23(5-2)17-12-10-16(11-13-17)14-18-20(25)24(21(26)22-18)19-9-7-6-8-15(19)3/h6-14H,4-5H2,1-3H3,(H,22,26). The molecule has 0 aliphatic carbocycles. The fourth-order valence-corrected chi connectivity index (χ4v) is 3.40. The molecule has 0 atom stereocenters. The number of nitrogens with zero attached hydrogens (tertiary/aromatic N) is 2. The first-order chi connectivity index (χ1) is 12.5. The van der Waals surface area contributed by atoms with E-state index in [0.29, 0.717) is 10.8 Å². The minimum absolute atomic E-state index is 0.128. The molecule has 1 heterocycles. The third-order valence-electron chi connectivity index (χ3n) is 4.57. The van der Waals surface area contributed by atoms with Gasteiger partial charge in [-0.05, 0) is 68.4 Å². The Morgan fingerprint density at radius 3 is 2.35 bits per heavy atom. The minimum Gasteiger partial charge on any atom is -0.372 e. The summed E-state index contributed by atoms with van der Waals surface area (Å²) in [5, 5.41) is 3.46. The van der Waals surface area contributed by atoms with Gasteiger partial charge in [-0.1, -0.05) is 30.3 Å². The summed E-state index contributed by atoms with van der Waals surface area (Å²) >= 11 is 5.39. The highest BCUT2D eigenvalue weighted by atomic mass is 32.1. The van der Waals surface area contributed by atoms with Gasteiger partial charge in [0.15, 0.2) is 5.11 Å². The van der Waals surface area contributed by atoms with E-state index in [2.05, 4.69) is 36.2 Å². The number of carbonyl (C=O) groups is 1. The number of benzene rings is 2. The quantitative estimate of drug-likeness (QED) is 0.639. The van der Waals surface area contributed by atoms with Crippen LogP contribution >= 0.6 is 12.2 Å². The van der Waals surface area contributed by atoms with Crippen LogP contribution in [0, 0.1) is 6.92 Å². The monoisotopic (exact) mass is 365 g/mol. The number of para-hydroxylation sites is 1. The van der Waals surface area contributed by atoms with Crippen LogP contribution in [0.25, 0.3) is 6.08 Å². The predicted molar refractivity (Wildman–Crippen MR) is 112 cm³/mol. The molecule has 0 spiro atoms. The zero-order valence-corrected chi connectivity index (χ0v) is 16.1. The largest absolute Gasteiger partial charge is 0.372 e. The van der Waals surface area contributed by atoms with E-state index in [1.165, 1.54) is 5.69 Å². The third kappa shape index (κ3) is 3.48. The molecule has 1 N–H and O–H groups in total. The average Bonchev–Trinajstić information content (AvgIpc) is 2.91. The molecule has 0 aromatic heterocycles. The van der Waals surface area contributed by atoms with E-state index < -0.39 is 0 Å². The van der Waals surface area contributed by atoms with Gasteiger partial charge in [0.2, 0.25) is 0 Å². The van der Waals surface area contributed by atoms with Gasteiger partial charge >= 0.3 is 0 Å². The van der Waals surface area contributed by atoms with Crippen molar-refractivity contribution >= 4 is 40.7 Å². The Bertz CT molecular complexity index is 854. The lowest BCUT2D eigenvalue weighted by atomic mass is 10.1. The molecule has 4 nitrogen and oxygen atoms in total. The lowest BCUT2D eigenvalue weighted by Crippen LogP contribution is -2.30.